The van der Waals surface area contributed by atoms with Crippen molar-refractivity contribution in [2.75, 3.05) is 51.9 Å². The topological polar surface area (TPSA) is 84.0 Å². The fourth-order valence-corrected chi connectivity index (χ4v) is 3.28. The minimum absolute atomic E-state index is 0.0970. The number of benzene rings is 1. The van der Waals surface area contributed by atoms with Crippen molar-refractivity contribution in [1.29, 1.82) is 0 Å². The summed E-state index contributed by atoms with van der Waals surface area (Å²) in [4.78, 5) is 16.3. The second-order valence-electron chi connectivity index (χ2n) is 7.19. The molecule has 1 aromatic rings. The SMILES string of the molecule is CN=C(NCCCOCC1CCOCC1)NCCC(=O)Nc1ccc(C)cc1Cl. The minimum atomic E-state index is -0.0970. The smallest absolute Gasteiger partial charge is 0.226 e. The number of anilines is 1. The number of carbonyl (C=O) groups is 1. The van der Waals surface area contributed by atoms with Crippen LogP contribution in [-0.2, 0) is 14.3 Å². The van der Waals surface area contributed by atoms with Gasteiger partial charge in [-0.25, -0.2) is 0 Å². The van der Waals surface area contributed by atoms with Crippen LogP contribution < -0.4 is 16.0 Å². The lowest BCUT2D eigenvalue weighted by atomic mass is 10.0. The molecule has 1 aliphatic heterocycles. The maximum atomic E-state index is 12.1. The molecule has 1 heterocycles. The molecule has 1 aliphatic rings. The third-order valence-electron chi connectivity index (χ3n) is 4.72. The van der Waals surface area contributed by atoms with Crippen LogP contribution in [0.25, 0.3) is 0 Å². The van der Waals surface area contributed by atoms with Crippen LogP contribution in [0.2, 0.25) is 5.02 Å². The Balaban J connectivity index is 1.53. The number of aliphatic imine (C=N–C) groups is 1. The van der Waals surface area contributed by atoms with Crippen LogP contribution in [0.4, 0.5) is 5.69 Å². The van der Waals surface area contributed by atoms with Crippen LogP contribution in [0.1, 0.15) is 31.2 Å². The summed E-state index contributed by atoms with van der Waals surface area (Å²) in [5.74, 6) is 1.21. The highest BCUT2D eigenvalue weighted by Crippen LogP contribution is 2.22. The van der Waals surface area contributed by atoms with Gasteiger partial charge in [0.15, 0.2) is 5.96 Å². The molecule has 3 N–H and O–H groups in total. The van der Waals surface area contributed by atoms with Crippen LogP contribution in [-0.4, -0.2) is 58.4 Å². The summed E-state index contributed by atoms with van der Waals surface area (Å²) in [6, 6.07) is 5.56. The molecule has 0 unspecified atom stereocenters. The second kappa shape index (κ2) is 13.4. The minimum Gasteiger partial charge on any atom is -0.381 e. The van der Waals surface area contributed by atoms with Gasteiger partial charge in [-0.05, 0) is 49.8 Å². The fourth-order valence-electron chi connectivity index (χ4n) is 2.99. The first-order valence-electron chi connectivity index (χ1n) is 10.2. The number of nitrogens with one attached hydrogen (secondary N) is 3. The van der Waals surface area contributed by atoms with Crippen molar-refractivity contribution < 1.29 is 14.3 Å². The molecule has 0 atom stereocenters. The zero-order valence-corrected chi connectivity index (χ0v) is 18.2. The molecule has 0 spiro atoms. The van der Waals surface area contributed by atoms with E-state index >= 15 is 0 Å². The Labute approximate surface area is 178 Å². The van der Waals surface area contributed by atoms with Gasteiger partial charge in [0.1, 0.15) is 0 Å². The van der Waals surface area contributed by atoms with Crippen molar-refractivity contribution >= 4 is 29.2 Å². The van der Waals surface area contributed by atoms with E-state index in [1.165, 1.54) is 0 Å². The van der Waals surface area contributed by atoms with E-state index in [1.54, 1.807) is 7.05 Å². The maximum absolute atomic E-state index is 12.1. The molecule has 0 saturated carbocycles. The fraction of sp³-hybridized carbons (Fsp3) is 0.619. The summed E-state index contributed by atoms with van der Waals surface area (Å²) in [6.45, 7) is 6.45. The zero-order valence-electron chi connectivity index (χ0n) is 17.4. The average Bonchev–Trinajstić information content (AvgIpc) is 2.72. The summed E-state index contributed by atoms with van der Waals surface area (Å²) in [7, 11) is 1.71. The molecule has 0 radical (unpaired) electrons. The van der Waals surface area contributed by atoms with Crippen molar-refractivity contribution in [3.05, 3.63) is 28.8 Å². The Hall–Kier alpha value is -1.83. The van der Waals surface area contributed by atoms with Gasteiger partial charge < -0.3 is 25.4 Å². The van der Waals surface area contributed by atoms with Gasteiger partial charge in [-0.15, -0.1) is 0 Å². The predicted octanol–water partition coefficient (Wildman–Crippen LogP) is 2.98. The molecule has 1 saturated heterocycles. The summed E-state index contributed by atoms with van der Waals surface area (Å²) in [5, 5.41) is 9.75. The quantitative estimate of drug-likeness (QED) is 0.305. The molecule has 7 nitrogen and oxygen atoms in total. The number of hydrogen-bond acceptors (Lipinski definition) is 4. The lowest BCUT2D eigenvalue weighted by Gasteiger charge is -2.21. The van der Waals surface area contributed by atoms with E-state index in [2.05, 4.69) is 20.9 Å². The van der Waals surface area contributed by atoms with E-state index in [1.807, 2.05) is 25.1 Å². The van der Waals surface area contributed by atoms with E-state index in [0.717, 1.165) is 57.8 Å². The Morgan fingerprint density at radius 1 is 1.28 bits per heavy atom. The molecule has 162 valence electrons. The number of halogens is 1. The van der Waals surface area contributed by atoms with Crippen LogP contribution in [0.3, 0.4) is 0 Å². The van der Waals surface area contributed by atoms with Gasteiger partial charge in [-0.3, -0.25) is 9.79 Å². The van der Waals surface area contributed by atoms with Crippen molar-refractivity contribution in [1.82, 2.24) is 10.6 Å². The van der Waals surface area contributed by atoms with Gasteiger partial charge >= 0.3 is 0 Å². The molecule has 1 aromatic carbocycles. The van der Waals surface area contributed by atoms with Gasteiger partial charge in [-0.1, -0.05) is 17.7 Å². The summed E-state index contributed by atoms with van der Waals surface area (Å²) < 4.78 is 11.1. The highest BCUT2D eigenvalue weighted by atomic mass is 35.5. The summed E-state index contributed by atoms with van der Waals surface area (Å²) in [6.07, 6.45) is 3.41. The molecule has 1 amide bonds. The Morgan fingerprint density at radius 3 is 2.76 bits per heavy atom. The molecular weight excluding hydrogens is 392 g/mol. The van der Waals surface area contributed by atoms with E-state index in [-0.39, 0.29) is 5.91 Å². The standard InChI is InChI=1S/C21H33ClN4O3/c1-16-4-5-19(18(22)14-16)26-20(27)6-10-25-21(23-2)24-9-3-11-29-15-17-7-12-28-13-8-17/h4-5,14,17H,3,6-13,15H2,1-2H3,(H,26,27)(H2,23,24,25). The number of nitrogens with zero attached hydrogens (tertiary/aromatic N) is 1. The van der Waals surface area contributed by atoms with Crippen molar-refractivity contribution in [2.45, 2.75) is 32.6 Å². The van der Waals surface area contributed by atoms with E-state index < -0.39 is 0 Å². The zero-order chi connectivity index (χ0) is 20.9. The molecule has 0 aliphatic carbocycles. The maximum Gasteiger partial charge on any atom is 0.226 e. The van der Waals surface area contributed by atoms with Crippen molar-refractivity contribution in [3.63, 3.8) is 0 Å². The summed E-state index contributed by atoms with van der Waals surface area (Å²) in [5.41, 5.74) is 1.68. The third-order valence-corrected chi connectivity index (χ3v) is 5.03. The molecule has 29 heavy (non-hydrogen) atoms. The molecular formula is C21H33ClN4O3. The average molecular weight is 425 g/mol. The van der Waals surface area contributed by atoms with E-state index in [9.17, 15) is 4.79 Å². The van der Waals surface area contributed by atoms with Crippen molar-refractivity contribution in [2.24, 2.45) is 10.9 Å². The number of aryl methyl sites for hydroxylation is 1. The van der Waals surface area contributed by atoms with Crippen LogP contribution in [0, 0.1) is 12.8 Å². The number of amides is 1. The highest BCUT2D eigenvalue weighted by Gasteiger charge is 2.13. The first kappa shape index (κ1) is 23.4. The Kier molecular flexibility index (Phi) is 10.8. The van der Waals surface area contributed by atoms with E-state index in [0.29, 0.717) is 35.6 Å². The molecule has 0 bridgehead atoms. The monoisotopic (exact) mass is 424 g/mol. The molecule has 2 rings (SSSR count). The van der Waals surface area contributed by atoms with Crippen molar-refractivity contribution in [3.8, 4) is 0 Å². The van der Waals surface area contributed by atoms with Crippen LogP contribution in [0.5, 0.6) is 0 Å². The molecule has 1 fully saturated rings. The van der Waals surface area contributed by atoms with Crippen LogP contribution >= 0.6 is 11.6 Å². The van der Waals surface area contributed by atoms with Gasteiger partial charge in [0.2, 0.25) is 5.91 Å². The third kappa shape index (κ3) is 9.47. The largest absolute Gasteiger partial charge is 0.381 e. The first-order chi connectivity index (χ1) is 14.1. The van der Waals surface area contributed by atoms with Gasteiger partial charge in [-0.2, -0.15) is 0 Å². The first-order valence-corrected chi connectivity index (χ1v) is 10.6. The molecule has 0 aromatic heterocycles. The Bertz CT molecular complexity index is 663. The van der Waals surface area contributed by atoms with Gasteiger partial charge in [0.25, 0.3) is 0 Å². The number of ether oxygens (including phenoxy) is 2. The lowest BCUT2D eigenvalue weighted by Crippen LogP contribution is -2.39. The number of rotatable bonds is 10. The molecule has 8 heteroatoms. The highest BCUT2D eigenvalue weighted by molar-refractivity contribution is 6.33. The number of carbonyl (C=O) groups excluding carboxylic acids is 1. The number of guanidine groups is 1. The Morgan fingerprint density at radius 2 is 2.03 bits per heavy atom. The normalized spacial score (nSPS) is 15.2. The lowest BCUT2D eigenvalue weighted by molar-refractivity contribution is -0.116. The summed E-state index contributed by atoms with van der Waals surface area (Å²) >= 11 is 6.14. The van der Waals surface area contributed by atoms with Crippen LogP contribution in [0.15, 0.2) is 23.2 Å². The van der Waals surface area contributed by atoms with Gasteiger partial charge in [0, 0.05) is 53.0 Å². The predicted molar refractivity (Wildman–Crippen MR) is 118 cm³/mol. The second-order valence-corrected chi connectivity index (χ2v) is 7.60. The van der Waals surface area contributed by atoms with E-state index in [4.69, 9.17) is 21.1 Å². The van der Waals surface area contributed by atoms with Gasteiger partial charge in [0.05, 0.1) is 10.7 Å². The number of hydrogen-bond donors (Lipinski definition) is 3.